The van der Waals surface area contributed by atoms with Crippen molar-refractivity contribution in [2.45, 2.75) is 43.0 Å². The molecular weight excluding hydrogens is 352 g/mol. The summed E-state index contributed by atoms with van der Waals surface area (Å²) in [5.74, 6) is -0.0875. The van der Waals surface area contributed by atoms with Gasteiger partial charge in [-0.2, -0.15) is 4.72 Å². The van der Waals surface area contributed by atoms with Gasteiger partial charge < -0.3 is 10.4 Å². The summed E-state index contributed by atoms with van der Waals surface area (Å²) in [7, 11) is -3.91. The van der Waals surface area contributed by atoms with Gasteiger partial charge in [-0.25, -0.2) is 8.42 Å². The third kappa shape index (κ3) is 5.44. The lowest BCUT2D eigenvalue weighted by Crippen LogP contribution is -2.49. The van der Waals surface area contributed by atoms with Crippen LogP contribution in [0.5, 0.6) is 0 Å². The van der Waals surface area contributed by atoms with Gasteiger partial charge in [-0.1, -0.05) is 30.9 Å². The lowest BCUT2D eigenvalue weighted by Gasteiger charge is -2.23. The topological polar surface area (TPSA) is 95.5 Å². The maximum absolute atomic E-state index is 12.3. The standard InChI is InChI=1S/C16H23ClN2O4S/c17-13-6-8-14(9-7-13)24(22,23)19-15(11-20)16(21)18-10-12-4-2-1-3-5-12/h6-9,12,15,19-20H,1-5,10-11H2,(H,18,21). The number of hydrogen-bond acceptors (Lipinski definition) is 4. The van der Waals surface area contributed by atoms with Crippen molar-refractivity contribution in [3.8, 4) is 0 Å². The Balaban J connectivity index is 1.94. The second kappa shape index (κ2) is 8.80. The first-order valence-electron chi connectivity index (χ1n) is 8.09. The van der Waals surface area contributed by atoms with Crippen LogP contribution in [0.4, 0.5) is 0 Å². The van der Waals surface area contributed by atoms with Crippen LogP contribution in [0.2, 0.25) is 5.02 Å². The van der Waals surface area contributed by atoms with Gasteiger partial charge in [0, 0.05) is 11.6 Å². The van der Waals surface area contributed by atoms with Crippen molar-refractivity contribution in [3.05, 3.63) is 29.3 Å². The normalized spacial score (nSPS) is 17.4. The van der Waals surface area contributed by atoms with Gasteiger partial charge in [0.25, 0.3) is 0 Å². The Hall–Kier alpha value is -1.15. The highest BCUT2D eigenvalue weighted by Crippen LogP contribution is 2.22. The highest BCUT2D eigenvalue weighted by Gasteiger charge is 2.25. The Morgan fingerprint density at radius 2 is 1.83 bits per heavy atom. The van der Waals surface area contributed by atoms with Crippen LogP contribution < -0.4 is 10.0 Å². The maximum atomic E-state index is 12.3. The van der Waals surface area contributed by atoms with Gasteiger partial charge in [-0.3, -0.25) is 4.79 Å². The minimum Gasteiger partial charge on any atom is -0.394 e. The van der Waals surface area contributed by atoms with Crippen LogP contribution in [0.15, 0.2) is 29.2 Å². The van der Waals surface area contributed by atoms with Crippen molar-refractivity contribution >= 4 is 27.5 Å². The molecular formula is C16H23ClN2O4S. The number of carbonyl (C=O) groups is 1. The molecule has 1 amide bonds. The molecule has 3 N–H and O–H groups in total. The van der Waals surface area contributed by atoms with Crippen molar-refractivity contribution in [2.75, 3.05) is 13.2 Å². The van der Waals surface area contributed by atoms with Crippen molar-refractivity contribution in [1.29, 1.82) is 0 Å². The fraction of sp³-hybridized carbons (Fsp3) is 0.562. The molecule has 6 nitrogen and oxygen atoms in total. The maximum Gasteiger partial charge on any atom is 0.241 e. The van der Waals surface area contributed by atoms with Crippen molar-refractivity contribution < 1.29 is 18.3 Å². The van der Waals surface area contributed by atoms with Gasteiger partial charge in [0.1, 0.15) is 6.04 Å². The molecule has 0 aliphatic heterocycles. The summed E-state index contributed by atoms with van der Waals surface area (Å²) in [6.45, 7) is -0.0959. The fourth-order valence-electron chi connectivity index (χ4n) is 2.80. The summed E-state index contributed by atoms with van der Waals surface area (Å²) in [5, 5.41) is 12.5. The van der Waals surface area contributed by atoms with E-state index in [9.17, 15) is 18.3 Å². The molecule has 24 heavy (non-hydrogen) atoms. The van der Waals surface area contributed by atoms with Gasteiger partial charge in [0.05, 0.1) is 11.5 Å². The molecule has 8 heteroatoms. The summed E-state index contributed by atoms with van der Waals surface area (Å²) in [4.78, 5) is 12.2. The number of benzene rings is 1. The molecule has 1 fully saturated rings. The lowest BCUT2D eigenvalue weighted by atomic mass is 9.89. The predicted molar refractivity (Wildman–Crippen MR) is 92.2 cm³/mol. The van der Waals surface area contributed by atoms with E-state index < -0.39 is 28.6 Å². The average molecular weight is 375 g/mol. The first kappa shape index (κ1) is 19.2. The van der Waals surface area contributed by atoms with E-state index >= 15 is 0 Å². The SMILES string of the molecule is O=C(NCC1CCCCC1)C(CO)NS(=O)(=O)c1ccc(Cl)cc1. The number of nitrogens with one attached hydrogen (secondary N) is 2. The molecule has 0 aromatic heterocycles. The Labute approximate surface area is 147 Å². The number of amides is 1. The number of aliphatic hydroxyl groups is 1. The zero-order valence-electron chi connectivity index (χ0n) is 13.4. The van der Waals surface area contributed by atoms with Crippen LogP contribution in [0.25, 0.3) is 0 Å². The molecule has 0 bridgehead atoms. The number of rotatable bonds is 7. The molecule has 0 saturated heterocycles. The van der Waals surface area contributed by atoms with Crippen LogP contribution in [-0.4, -0.2) is 38.6 Å². The largest absolute Gasteiger partial charge is 0.394 e. The highest BCUT2D eigenvalue weighted by atomic mass is 35.5. The van der Waals surface area contributed by atoms with Gasteiger partial charge in [-0.05, 0) is 43.0 Å². The van der Waals surface area contributed by atoms with E-state index in [2.05, 4.69) is 10.0 Å². The average Bonchev–Trinajstić information content (AvgIpc) is 2.59. The van der Waals surface area contributed by atoms with Crippen LogP contribution in [-0.2, 0) is 14.8 Å². The molecule has 1 atom stereocenters. The Morgan fingerprint density at radius 1 is 1.21 bits per heavy atom. The first-order valence-corrected chi connectivity index (χ1v) is 9.95. The molecule has 0 spiro atoms. The highest BCUT2D eigenvalue weighted by molar-refractivity contribution is 7.89. The molecule has 1 aliphatic carbocycles. The van der Waals surface area contributed by atoms with Gasteiger partial charge in [0.2, 0.25) is 15.9 Å². The van der Waals surface area contributed by atoms with Gasteiger partial charge in [-0.15, -0.1) is 0 Å². The lowest BCUT2D eigenvalue weighted by molar-refractivity contribution is -0.123. The summed E-state index contributed by atoms with van der Waals surface area (Å²) >= 11 is 5.74. The van der Waals surface area contributed by atoms with E-state index in [0.29, 0.717) is 17.5 Å². The monoisotopic (exact) mass is 374 g/mol. The second-order valence-corrected chi connectivity index (χ2v) is 8.21. The predicted octanol–water partition coefficient (Wildman–Crippen LogP) is 1.68. The third-order valence-electron chi connectivity index (χ3n) is 4.21. The second-order valence-electron chi connectivity index (χ2n) is 6.06. The third-order valence-corrected chi connectivity index (χ3v) is 5.95. The fourth-order valence-corrected chi connectivity index (χ4v) is 4.11. The number of hydrogen-bond donors (Lipinski definition) is 3. The smallest absolute Gasteiger partial charge is 0.241 e. The molecule has 1 aromatic carbocycles. The zero-order chi connectivity index (χ0) is 17.6. The molecule has 134 valence electrons. The number of carbonyl (C=O) groups excluding carboxylic acids is 1. The van der Waals surface area contributed by atoms with E-state index in [1.807, 2.05) is 0 Å². The number of aliphatic hydroxyl groups excluding tert-OH is 1. The summed E-state index contributed by atoms with van der Waals surface area (Å²) in [6.07, 6.45) is 5.69. The molecule has 1 aromatic rings. The van der Waals surface area contributed by atoms with E-state index in [-0.39, 0.29) is 4.90 Å². The Bertz CT molecular complexity index is 643. The van der Waals surface area contributed by atoms with E-state index in [1.165, 1.54) is 30.7 Å². The molecule has 1 saturated carbocycles. The van der Waals surface area contributed by atoms with Crippen LogP contribution in [0.3, 0.4) is 0 Å². The van der Waals surface area contributed by atoms with Crippen LogP contribution in [0.1, 0.15) is 32.1 Å². The van der Waals surface area contributed by atoms with Gasteiger partial charge in [0.15, 0.2) is 0 Å². The summed E-state index contributed by atoms with van der Waals surface area (Å²) in [6, 6.07) is 4.38. The van der Waals surface area contributed by atoms with E-state index in [1.54, 1.807) is 0 Å². The molecule has 2 rings (SSSR count). The van der Waals surface area contributed by atoms with E-state index in [0.717, 1.165) is 25.7 Å². The van der Waals surface area contributed by atoms with E-state index in [4.69, 9.17) is 11.6 Å². The summed E-state index contributed by atoms with van der Waals surface area (Å²) < 4.78 is 26.8. The van der Waals surface area contributed by atoms with Crippen LogP contribution in [0, 0.1) is 5.92 Å². The molecule has 1 aliphatic rings. The quantitative estimate of drug-likeness (QED) is 0.676. The van der Waals surface area contributed by atoms with Crippen LogP contribution >= 0.6 is 11.6 Å². The number of sulfonamides is 1. The zero-order valence-corrected chi connectivity index (χ0v) is 14.9. The Morgan fingerprint density at radius 3 is 2.42 bits per heavy atom. The molecule has 1 unspecified atom stereocenters. The molecule has 0 radical (unpaired) electrons. The van der Waals surface area contributed by atoms with Crippen molar-refractivity contribution in [2.24, 2.45) is 5.92 Å². The first-order chi connectivity index (χ1) is 11.4. The minimum absolute atomic E-state index is 0.00886. The molecule has 0 heterocycles. The summed E-state index contributed by atoms with van der Waals surface area (Å²) in [5.41, 5.74) is 0. The minimum atomic E-state index is -3.91. The van der Waals surface area contributed by atoms with Crippen molar-refractivity contribution in [1.82, 2.24) is 10.0 Å². The Kier molecular flexibility index (Phi) is 7.03. The van der Waals surface area contributed by atoms with Crippen molar-refractivity contribution in [3.63, 3.8) is 0 Å². The van der Waals surface area contributed by atoms with Gasteiger partial charge >= 0.3 is 0 Å². The number of halogens is 1.